The second-order valence-electron chi connectivity index (χ2n) is 2.97. The Morgan fingerprint density at radius 3 is 2.62 bits per heavy atom. The third-order valence-electron chi connectivity index (χ3n) is 1.88. The topological polar surface area (TPSA) is 76.4 Å². The van der Waals surface area contributed by atoms with Crippen molar-refractivity contribution in [2.75, 3.05) is 19.8 Å². The molecule has 1 rings (SSSR count). The number of carbonyl (C=O) groups is 1. The first-order chi connectivity index (χ1) is 7.58. The molecule has 0 saturated heterocycles. The van der Waals surface area contributed by atoms with E-state index >= 15 is 0 Å². The lowest BCUT2D eigenvalue weighted by molar-refractivity contribution is 0.203. The van der Waals surface area contributed by atoms with Crippen LogP contribution in [0.1, 0.15) is 5.56 Å². The quantitative estimate of drug-likeness (QED) is 0.527. The number of carbonyl (C=O) groups excluding carboxylic acids is 1. The molecular formula is C10H13N3O2S. The van der Waals surface area contributed by atoms with Crippen molar-refractivity contribution in [3.8, 4) is 5.75 Å². The first kappa shape index (κ1) is 12.3. The lowest BCUT2D eigenvalue weighted by Gasteiger charge is -2.11. The van der Waals surface area contributed by atoms with Gasteiger partial charge in [-0.3, -0.25) is 0 Å². The molecule has 16 heavy (non-hydrogen) atoms. The van der Waals surface area contributed by atoms with Crippen LogP contribution >= 0.6 is 12.2 Å². The molecule has 0 radical (unpaired) electrons. The number of nitrogens with two attached hydrogens (primary N) is 1. The molecule has 0 unspecified atom stereocenters. The summed E-state index contributed by atoms with van der Waals surface area (Å²) in [5.41, 5.74) is 6.78. The minimum atomic E-state index is -0.551. The van der Waals surface area contributed by atoms with Gasteiger partial charge in [-0.1, -0.05) is 12.2 Å². The average molecular weight is 239 g/mol. The van der Waals surface area contributed by atoms with Crippen molar-refractivity contribution in [2.45, 2.75) is 0 Å². The number of rotatable bonds is 2. The molecule has 0 saturated carbocycles. The average Bonchev–Trinajstić information content (AvgIpc) is 2.30. The molecule has 1 aromatic carbocycles. The molecular weight excluding hydrogens is 226 g/mol. The van der Waals surface area contributed by atoms with Gasteiger partial charge in [0.2, 0.25) is 0 Å². The largest absolute Gasteiger partial charge is 0.412 e. The van der Waals surface area contributed by atoms with Crippen molar-refractivity contribution in [1.29, 1.82) is 0 Å². The summed E-state index contributed by atoms with van der Waals surface area (Å²) in [6.07, 6.45) is -0.551. The second kappa shape index (κ2) is 5.32. The van der Waals surface area contributed by atoms with Crippen molar-refractivity contribution in [3.05, 3.63) is 23.8 Å². The Morgan fingerprint density at radius 1 is 1.38 bits per heavy atom. The van der Waals surface area contributed by atoms with E-state index < -0.39 is 6.09 Å². The maximum absolute atomic E-state index is 11.1. The Morgan fingerprint density at radius 2 is 2.06 bits per heavy atom. The molecule has 0 spiro atoms. The van der Waals surface area contributed by atoms with E-state index in [1.807, 2.05) is 0 Å². The van der Waals surface area contributed by atoms with Crippen molar-refractivity contribution in [3.63, 3.8) is 0 Å². The number of hydrogen-bond donors (Lipinski definition) is 3. The first-order valence-electron chi connectivity index (χ1n) is 4.59. The zero-order valence-electron chi connectivity index (χ0n) is 9.03. The van der Waals surface area contributed by atoms with Gasteiger partial charge < -0.3 is 21.1 Å². The van der Waals surface area contributed by atoms with Gasteiger partial charge >= 0.3 is 6.09 Å². The third-order valence-corrected chi connectivity index (χ3v) is 2.31. The molecule has 0 aliphatic heterocycles. The number of amides is 1. The summed E-state index contributed by atoms with van der Waals surface area (Å²) in [7, 11) is 3.17. The molecule has 1 amide bonds. The molecule has 0 aliphatic carbocycles. The van der Waals surface area contributed by atoms with Gasteiger partial charge in [0.15, 0.2) is 0 Å². The smallest absolute Gasteiger partial charge is 0.410 e. The monoisotopic (exact) mass is 239 g/mol. The van der Waals surface area contributed by atoms with E-state index in [2.05, 4.69) is 10.6 Å². The maximum atomic E-state index is 11.1. The van der Waals surface area contributed by atoms with Gasteiger partial charge in [0.05, 0.1) is 5.56 Å². The highest BCUT2D eigenvalue weighted by Crippen LogP contribution is 2.21. The Hall–Kier alpha value is -1.82. The zero-order valence-corrected chi connectivity index (χ0v) is 9.85. The number of ether oxygens (including phenoxy) is 1. The lowest BCUT2D eigenvalue weighted by atomic mass is 10.2. The molecule has 0 aliphatic rings. The van der Waals surface area contributed by atoms with Crippen molar-refractivity contribution in [1.82, 2.24) is 10.6 Å². The summed E-state index contributed by atoms with van der Waals surface area (Å²) in [4.78, 5) is 11.6. The Balaban J connectivity index is 3.07. The van der Waals surface area contributed by atoms with E-state index in [9.17, 15) is 4.79 Å². The summed E-state index contributed by atoms with van der Waals surface area (Å²) in [6, 6.07) is 4.89. The summed E-state index contributed by atoms with van der Waals surface area (Å²) < 4.78 is 5.04. The first-order valence-corrected chi connectivity index (χ1v) is 5.00. The lowest BCUT2D eigenvalue weighted by Crippen LogP contribution is -2.24. The molecule has 1 aromatic rings. The van der Waals surface area contributed by atoms with Crippen LogP contribution < -0.4 is 21.1 Å². The number of nitrogens with one attached hydrogen (secondary N) is 2. The number of thiocarbonyl (C=S) groups is 1. The third kappa shape index (κ3) is 2.83. The molecule has 0 fully saturated rings. The standard InChI is InChI=1S/C10H13N3O2S/c1-12-9(16)7-5-6(11)3-4-8(7)15-10(14)13-2/h3-5H,11H2,1-2H3,(H,12,16)(H,13,14). The fraction of sp³-hybridized carbons (Fsp3) is 0.200. The van der Waals surface area contributed by atoms with E-state index in [0.717, 1.165) is 0 Å². The SMILES string of the molecule is CNC(=O)Oc1ccc(N)cc1C(=S)NC. The van der Waals surface area contributed by atoms with Crippen LogP contribution in [0.4, 0.5) is 10.5 Å². The second-order valence-corrected chi connectivity index (χ2v) is 3.38. The maximum Gasteiger partial charge on any atom is 0.412 e. The summed E-state index contributed by atoms with van der Waals surface area (Å²) in [5.74, 6) is 0.368. The van der Waals surface area contributed by atoms with Crippen LogP contribution in [0, 0.1) is 0 Å². The van der Waals surface area contributed by atoms with E-state index in [1.54, 1.807) is 25.2 Å². The van der Waals surface area contributed by atoms with Gasteiger partial charge in [0, 0.05) is 19.8 Å². The summed E-state index contributed by atoms with van der Waals surface area (Å²) in [5, 5.41) is 5.16. The predicted octanol–water partition coefficient (Wildman–Crippen LogP) is 0.882. The number of benzene rings is 1. The van der Waals surface area contributed by atoms with E-state index in [-0.39, 0.29) is 0 Å². The number of hydrogen-bond acceptors (Lipinski definition) is 4. The molecule has 0 heterocycles. The molecule has 6 heteroatoms. The summed E-state index contributed by atoms with van der Waals surface area (Å²) >= 11 is 5.08. The van der Waals surface area contributed by atoms with Gasteiger partial charge in [-0.15, -0.1) is 0 Å². The Kier molecular flexibility index (Phi) is 4.07. The van der Waals surface area contributed by atoms with Crippen molar-refractivity contribution in [2.24, 2.45) is 0 Å². The van der Waals surface area contributed by atoms with Crippen LogP contribution in [0.2, 0.25) is 0 Å². The van der Waals surface area contributed by atoms with Crippen LogP contribution in [-0.4, -0.2) is 25.2 Å². The molecule has 0 atom stereocenters. The van der Waals surface area contributed by atoms with E-state index in [4.69, 9.17) is 22.7 Å². The minimum absolute atomic E-state index is 0.368. The van der Waals surface area contributed by atoms with Crippen LogP contribution in [0.15, 0.2) is 18.2 Å². The number of nitrogen functional groups attached to an aromatic ring is 1. The van der Waals surface area contributed by atoms with Gasteiger partial charge in [-0.25, -0.2) is 4.79 Å². The Labute approximate surface area is 99.0 Å². The van der Waals surface area contributed by atoms with Crippen LogP contribution in [0.3, 0.4) is 0 Å². The van der Waals surface area contributed by atoms with Gasteiger partial charge in [-0.2, -0.15) is 0 Å². The molecule has 4 N–H and O–H groups in total. The van der Waals surface area contributed by atoms with Crippen LogP contribution in [-0.2, 0) is 0 Å². The van der Waals surface area contributed by atoms with Crippen LogP contribution in [0.25, 0.3) is 0 Å². The fourth-order valence-corrected chi connectivity index (χ4v) is 1.26. The molecule has 0 bridgehead atoms. The zero-order chi connectivity index (χ0) is 12.1. The highest BCUT2D eigenvalue weighted by molar-refractivity contribution is 7.80. The Bertz CT molecular complexity index is 421. The fourth-order valence-electron chi connectivity index (χ4n) is 1.10. The van der Waals surface area contributed by atoms with E-state index in [0.29, 0.717) is 22.0 Å². The van der Waals surface area contributed by atoms with Gasteiger partial charge in [0.25, 0.3) is 0 Å². The van der Waals surface area contributed by atoms with E-state index in [1.165, 1.54) is 7.05 Å². The van der Waals surface area contributed by atoms with Gasteiger partial charge in [-0.05, 0) is 18.2 Å². The van der Waals surface area contributed by atoms with Crippen molar-refractivity contribution < 1.29 is 9.53 Å². The normalized spacial score (nSPS) is 9.38. The minimum Gasteiger partial charge on any atom is -0.410 e. The highest BCUT2D eigenvalue weighted by atomic mass is 32.1. The number of anilines is 1. The molecule has 86 valence electrons. The predicted molar refractivity (Wildman–Crippen MR) is 66.7 cm³/mol. The molecule has 5 nitrogen and oxygen atoms in total. The highest BCUT2D eigenvalue weighted by Gasteiger charge is 2.11. The van der Waals surface area contributed by atoms with Crippen molar-refractivity contribution >= 4 is 29.0 Å². The van der Waals surface area contributed by atoms with Gasteiger partial charge in [0.1, 0.15) is 10.7 Å². The molecule has 0 aromatic heterocycles. The van der Waals surface area contributed by atoms with Crippen LogP contribution in [0.5, 0.6) is 5.75 Å². The summed E-state index contributed by atoms with van der Waals surface area (Å²) in [6.45, 7) is 0.